The van der Waals surface area contributed by atoms with Crippen LogP contribution in [0.4, 0.5) is 0 Å². The van der Waals surface area contributed by atoms with E-state index in [-0.39, 0.29) is 24.4 Å². The van der Waals surface area contributed by atoms with Gasteiger partial charge in [-0.15, -0.1) is 0 Å². The third-order valence-corrected chi connectivity index (χ3v) is 6.42. The molecule has 1 aromatic carbocycles. The molecule has 6 nitrogen and oxygen atoms in total. The van der Waals surface area contributed by atoms with Gasteiger partial charge in [0.05, 0.1) is 12.2 Å². The number of carbonyl (C=O) groups is 2. The molecule has 0 N–H and O–H groups in total. The Morgan fingerprint density at radius 2 is 2.11 bits per heavy atom. The lowest BCUT2D eigenvalue weighted by Crippen LogP contribution is -2.39. The highest BCUT2D eigenvalue weighted by Gasteiger charge is 2.54. The predicted octanol–water partition coefficient (Wildman–Crippen LogP) is 3.57. The van der Waals surface area contributed by atoms with Crippen molar-refractivity contribution in [2.24, 2.45) is 5.92 Å². The van der Waals surface area contributed by atoms with E-state index in [1.807, 2.05) is 0 Å². The number of carbonyl (C=O) groups excluding carboxylic acids is 2. The van der Waals surface area contributed by atoms with Crippen LogP contribution in [0.5, 0.6) is 0 Å². The standard InChI is InChI=1S/C20H24N2O4S/c1-3-25-19(24)18(22-21)16(23)12-20-10-4-5-14(20)11-17(26-20)27-15-8-6-13(2)7-9-15/h6-9,14,17H,3-5,10-12H2,1-2H3/t14-,17-,20+/m1/s1. The average molecular weight is 388 g/mol. The molecule has 1 aliphatic heterocycles. The zero-order chi connectivity index (χ0) is 19.4. The van der Waals surface area contributed by atoms with Crippen LogP contribution in [0.15, 0.2) is 29.2 Å². The van der Waals surface area contributed by atoms with Crippen molar-refractivity contribution in [2.45, 2.75) is 61.9 Å². The summed E-state index contributed by atoms with van der Waals surface area (Å²) >= 11 is 1.67. The van der Waals surface area contributed by atoms with Crippen LogP contribution in [0.2, 0.25) is 0 Å². The summed E-state index contributed by atoms with van der Waals surface area (Å²) in [5, 5.41) is 0. The molecule has 1 saturated carbocycles. The summed E-state index contributed by atoms with van der Waals surface area (Å²) in [7, 11) is 0. The van der Waals surface area contributed by atoms with Crippen molar-refractivity contribution in [1.29, 1.82) is 0 Å². The van der Waals surface area contributed by atoms with Crippen LogP contribution in [-0.2, 0) is 19.1 Å². The molecule has 0 spiro atoms. The number of esters is 1. The molecule has 1 aromatic rings. The predicted molar refractivity (Wildman–Crippen MR) is 101 cm³/mol. The molecule has 2 fully saturated rings. The van der Waals surface area contributed by atoms with Gasteiger partial charge in [0.2, 0.25) is 0 Å². The molecule has 2 aliphatic rings. The van der Waals surface area contributed by atoms with Gasteiger partial charge in [0.1, 0.15) is 5.44 Å². The Morgan fingerprint density at radius 1 is 1.37 bits per heavy atom. The minimum atomic E-state index is -0.889. The van der Waals surface area contributed by atoms with Gasteiger partial charge in [-0.2, -0.15) is 4.79 Å². The molecule has 0 radical (unpaired) electrons. The fourth-order valence-corrected chi connectivity index (χ4v) is 5.19. The van der Waals surface area contributed by atoms with E-state index in [2.05, 4.69) is 36.0 Å². The molecule has 0 unspecified atom stereocenters. The third-order valence-electron chi connectivity index (χ3n) is 5.32. The maximum atomic E-state index is 12.6. The number of rotatable bonds is 7. The smallest absolute Gasteiger partial charge is 0.441 e. The van der Waals surface area contributed by atoms with Gasteiger partial charge in [0, 0.05) is 11.3 Å². The van der Waals surface area contributed by atoms with Gasteiger partial charge in [0.25, 0.3) is 5.78 Å². The van der Waals surface area contributed by atoms with Crippen molar-refractivity contribution in [2.75, 3.05) is 6.61 Å². The second kappa shape index (κ2) is 8.38. The number of ether oxygens (including phenoxy) is 2. The number of hydrogen-bond acceptors (Lipinski definition) is 5. The van der Waals surface area contributed by atoms with Gasteiger partial charge >= 0.3 is 11.7 Å². The Morgan fingerprint density at radius 3 is 2.78 bits per heavy atom. The van der Waals surface area contributed by atoms with E-state index in [1.165, 1.54) is 5.56 Å². The molecule has 0 bridgehead atoms. The summed E-state index contributed by atoms with van der Waals surface area (Å²) < 4.78 is 11.2. The van der Waals surface area contributed by atoms with Crippen molar-refractivity contribution in [3.8, 4) is 0 Å². The van der Waals surface area contributed by atoms with Crippen molar-refractivity contribution in [1.82, 2.24) is 0 Å². The van der Waals surface area contributed by atoms with E-state index in [9.17, 15) is 9.59 Å². The van der Waals surface area contributed by atoms with Crippen LogP contribution in [0, 0.1) is 12.8 Å². The van der Waals surface area contributed by atoms with Gasteiger partial charge in [0.15, 0.2) is 0 Å². The summed E-state index contributed by atoms with van der Waals surface area (Å²) in [6, 6.07) is 8.29. The fraction of sp³-hybridized carbons (Fsp3) is 0.550. The lowest BCUT2D eigenvalue weighted by molar-refractivity contribution is -0.142. The van der Waals surface area contributed by atoms with Gasteiger partial charge in [-0.3, -0.25) is 4.79 Å². The summed E-state index contributed by atoms with van der Waals surface area (Å²) in [6.07, 6.45) is 3.68. The number of thioether (sulfide) groups is 1. The highest BCUT2D eigenvalue weighted by molar-refractivity contribution is 7.99. The molecule has 144 valence electrons. The zero-order valence-electron chi connectivity index (χ0n) is 15.6. The first-order chi connectivity index (χ1) is 13.0. The number of Topliss-reactive ketones (excluding diaryl/α,β-unsaturated/α-hetero) is 1. The van der Waals surface area contributed by atoms with Crippen molar-refractivity contribution in [3.05, 3.63) is 35.4 Å². The lowest BCUT2D eigenvalue weighted by Gasteiger charge is -2.27. The van der Waals surface area contributed by atoms with Crippen molar-refractivity contribution in [3.63, 3.8) is 0 Å². The highest BCUT2D eigenvalue weighted by Crippen LogP contribution is 2.53. The fourth-order valence-electron chi connectivity index (χ4n) is 4.03. The molecule has 1 heterocycles. The normalized spacial score (nSPS) is 26.3. The number of benzene rings is 1. The van der Waals surface area contributed by atoms with E-state index < -0.39 is 23.1 Å². The molecular weight excluding hydrogens is 364 g/mol. The van der Waals surface area contributed by atoms with Gasteiger partial charge in [-0.1, -0.05) is 35.9 Å². The SMILES string of the molecule is CCOC(=O)C(=[N+]=[N-])C(=O)C[C@@]12CCC[C@@H]1C[C@@H](Sc1ccc(C)cc1)O2. The van der Waals surface area contributed by atoms with Crippen LogP contribution < -0.4 is 0 Å². The average Bonchev–Trinajstić information content (AvgIpc) is 3.14. The van der Waals surface area contributed by atoms with Crippen molar-refractivity contribution < 1.29 is 23.9 Å². The Balaban J connectivity index is 1.70. The Kier molecular flexibility index (Phi) is 6.15. The van der Waals surface area contributed by atoms with E-state index in [4.69, 9.17) is 15.0 Å². The summed E-state index contributed by atoms with van der Waals surface area (Å²) in [5.41, 5.74) is 9.15. The number of fused-ring (bicyclic) bond motifs is 1. The van der Waals surface area contributed by atoms with Gasteiger partial charge in [-0.05, 0) is 51.2 Å². The minimum Gasteiger partial charge on any atom is -0.457 e. The summed E-state index contributed by atoms with van der Waals surface area (Å²) in [5.74, 6) is -1.14. The lowest BCUT2D eigenvalue weighted by atomic mass is 9.85. The van der Waals surface area contributed by atoms with E-state index in [0.717, 1.165) is 30.6 Å². The maximum absolute atomic E-state index is 12.6. The molecule has 3 rings (SSSR count). The summed E-state index contributed by atoms with van der Waals surface area (Å²) in [6.45, 7) is 3.80. The second-order valence-corrected chi connectivity index (χ2v) is 8.37. The first-order valence-corrected chi connectivity index (χ1v) is 10.2. The molecule has 3 atom stereocenters. The highest BCUT2D eigenvalue weighted by atomic mass is 32.2. The maximum Gasteiger partial charge on any atom is 0.441 e. The molecular formula is C20H24N2O4S. The number of ketones is 1. The number of aryl methyl sites for hydroxylation is 1. The quantitative estimate of drug-likeness (QED) is 0.234. The van der Waals surface area contributed by atoms with Crippen LogP contribution in [0.3, 0.4) is 0 Å². The zero-order valence-corrected chi connectivity index (χ0v) is 16.5. The molecule has 1 aliphatic carbocycles. The van der Waals surface area contributed by atoms with Crippen LogP contribution in [0.1, 0.15) is 44.6 Å². The Labute approximate surface area is 163 Å². The van der Waals surface area contributed by atoms with Crippen LogP contribution in [0.25, 0.3) is 5.53 Å². The topological polar surface area (TPSA) is 89.0 Å². The van der Waals surface area contributed by atoms with Crippen LogP contribution in [-0.4, -0.2) is 39.9 Å². The molecule has 0 amide bonds. The Hall–Kier alpha value is -1.95. The van der Waals surface area contributed by atoms with Crippen molar-refractivity contribution >= 4 is 29.2 Å². The van der Waals surface area contributed by atoms with Gasteiger partial charge < -0.3 is 15.0 Å². The molecule has 27 heavy (non-hydrogen) atoms. The van der Waals surface area contributed by atoms with E-state index in [1.54, 1.807) is 18.7 Å². The molecule has 7 heteroatoms. The van der Waals surface area contributed by atoms with E-state index >= 15 is 0 Å². The summed E-state index contributed by atoms with van der Waals surface area (Å²) in [4.78, 5) is 28.5. The number of hydrogen-bond donors (Lipinski definition) is 0. The second-order valence-electron chi connectivity index (χ2n) is 7.14. The largest absolute Gasteiger partial charge is 0.457 e. The minimum absolute atomic E-state index is 0.0251. The number of nitrogens with zero attached hydrogens (tertiary/aromatic N) is 2. The van der Waals surface area contributed by atoms with Gasteiger partial charge in [-0.25, -0.2) is 4.79 Å². The van der Waals surface area contributed by atoms with Crippen LogP contribution >= 0.6 is 11.8 Å². The first-order valence-electron chi connectivity index (χ1n) is 9.31. The first kappa shape index (κ1) is 19.8. The molecule has 1 saturated heterocycles. The monoisotopic (exact) mass is 388 g/mol. The Bertz CT molecular complexity index is 773. The molecule has 0 aromatic heterocycles. The van der Waals surface area contributed by atoms with E-state index in [0.29, 0.717) is 0 Å². The third kappa shape index (κ3) is 4.32.